The van der Waals surface area contributed by atoms with Crippen molar-refractivity contribution in [3.8, 4) is 34.6 Å². The molecule has 1 N–H and O–H groups in total. The Morgan fingerprint density at radius 2 is 1.73 bits per heavy atom. The van der Waals surface area contributed by atoms with Crippen LogP contribution in [0.15, 0.2) is 58.0 Å². The fourth-order valence-corrected chi connectivity index (χ4v) is 4.90. The summed E-state index contributed by atoms with van der Waals surface area (Å²) in [4.78, 5) is 12.6. The predicted molar refractivity (Wildman–Crippen MR) is 154 cm³/mol. The van der Waals surface area contributed by atoms with Crippen molar-refractivity contribution in [3.63, 3.8) is 0 Å². The first-order chi connectivity index (χ1) is 19.1. The van der Waals surface area contributed by atoms with Crippen LogP contribution in [0, 0.1) is 0 Å². The molecule has 214 valence electrons. The largest absolute Gasteiger partial charge is 0.494 e. The van der Waals surface area contributed by atoms with Gasteiger partial charge in [-0.3, -0.25) is 14.3 Å². The van der Waals surface area contributed by atoms with Crippen LogP contribution in [0.3, 0.4) is 0 Å². The van der Waals surface area contributed by atoms with Gasteiger partial charge < -0.3 is 18.9 Å². The van der Waals surface area contributed by atoms with E-state index in [1.807, 2.05) is 0 Å². The number of nitrogens with zero attached hydrogens (tertiary/aromatic N) is 6. The molecular formula is C25H30ClN7O6S. The van der Waals surface area contributed by atoms with Crippen LogP contribution in [0.2, 0.25) is 0 Å². The van der Waals surface area contributed by atoms with Gasteiger partial charge in [-0.05, 0) is 25.1 Å². The number of nitrogens with one attached hydrogen (secondary N) is 1. The summed E-state index contributed by atoms with van der Waals surface area (Å²) in [6.45, 7) is 4.99. The Bertz CT molecular complexity index is 1500. The Labute approximate surface area is 237 Å². The van der Waals surface area contributed by atoms with Crippen molar-refractivity contribution in [2.75, 3.05) is 40.2 Å². The van der Waals surface area contributed by atoms with Crippen molar-refractivity contribution in [2.24, 2.45) is 9.98 Å². The molecule has 3 aromatic rings. The van der Waals surface area contributed by atoms with E-state index in [2.05, 4.69) is 36.5 Å². The highest BCUT2D eigenvalue weighted by atomic mass is 35.5. The van der Waals surface area contributed by atoms with Crippen LogP contribution in [0.5, 0.6) is 17.4 Å². The molecule has 0 radical (unpaired) electrons. The molecule has 0 unspecified atom stereocenters. The van der Waals surface area contributed by atoms with Crippen molar-refractivity contribution in [2.45, 2.75) is 18.3 Å². The Morgan fingerprint density at radius 3 is 2.27 bits per heavy atom. The molecule has 2 heterocycles. The summed E-state index contributed by atoms with van der Waals surface area (Å²) in [7, 11) is 3.03. The lowest BCUT2D eigenvalue weighted by Gasteiger charge is -2.23. The zero-order chi connectivity index (χ0) is 29.4. The van der Waals surface area contributed by atoms with E-state index >= 15 is 0 Å². The number of para-hydroxylation sites is 1. The van der Waals surface area contributed by atoms with Gasteiger partial charge in [0.05, 0.1) is 26.4 Å². The van der Waals surface area contributed by atoms with Gasteiger partial charge in [-0.15, -0.1) is 10.2 Å². The smallest absolute Gasteiger partial charge is 0.243 e. The third kappa shape index (κ3) is 6.58. The minimum absolute atomic E-state index is 0.0938. The fraction of sp³-hybridized carbons (Fsp3) is 0.320. The summed E-state index contributed by atoms with van der Waals surface area (Å²) in [5.74, 6) is 1.18. The molecule has 0 aliphatic rings. The molecular weight excluding hydrogens is 562 g/mol. The van der Waals surface area contributed by atoms with Crippen molar-refractivity contribution in [3.05, 3.63) is 48.0 Å². The van der Waals surface area contributed by atoms with E-state index < -0.39 is 21.4 Å². The molecule has 0 bridgehead atoms. The van der Waals surface area contributed by atoms with Crippen LogP contribution < -0.4 is 18.9 Å². The summed E-state index contributed by atoms with van der Waals surface area (Å²) < 4.78 is 53.2. The highest BCUT2D eigenvalue weighted by molar-refractivity contribution is 7.93. The lowest BCUT2D eigenvalue weighted by atomic mass is 10.2. The molecule has 15 heteroatoms. The van der Waals surface area contributed by atoms with Gasteiger partial charge in [0, 0.05) is 26.4 Å². The number of amidine groups is 1. The molecule has 0 spiro atoms. The van der Waals surface area contributed by atoms with Crippen molar-refractivity contribution in [1.82, 2.24) is 19.7 Å². The van der Waals surface area contributed by atoms with E-state index in [-0.39, 0.29) is 22.6 Å². The lowest BCUT2D eigenvalue weighted by molar-refractivity contribution is 0.153. The number of sulfonamides is 1. The van der Waals surface area contributed by atoms with E-state index in [9.17, 15) is 8.42 Å². The Kier molecular flexibility index (Phi) is 10.2. The summed E-state index contributed by atoms with van der Waals surface area (Å²) >= 11 is 5.78. The number of allylic oxidation sites excluding steroid dienone is 1. The van der Waals surface area contributed by atoms with E-state index in [0.29, 0.717) is 28.8 Å². The zero-order valence-electron chi connectivity index (χ0n) is 22.8. The number of ether oxygens (including phenoxy) is 4. The average molecular weight is 592 g/mol. The van der Waals surface area contributed by atoms with Crippen LogP contribution in [-0.4, -0.2) is 87.1 Å². The third-order valence-electron chi connectivity index (χ3n) is 5.67. The Hall–Kier alpha value is -4.01. The molecule has 2 atom stereocenters. The van der Waals surface area contributed by atoms with E-state index in [0.717, 1.165) is 0 Å². The minimum Gasteiger partial charge on any atom is -0.494 e. The number of aliphatic imine (C=N–C) groups is 2. The van der Waals surface area contributed by atoms with Crippen LogP contribution in [0.4, 0.5) is 5.95 Å². The van der Waals surface area contributed by atoms with Gasteiger partial charge in [-0.25, -0.2) is 18.4 Å². The Balaban J connectivity index is 2.19. The first kappa shape index (κ1) is 30.5. The van der Waals surface area contributed by atoms with E-state index in [4.69, 9.17) is 30.5 Å². The average Bonchev–Trinajstić information content (AvgIpc) is 3.36. The number of aromatic nitrogens is 4. The highest BCUT2D eigenvalue weighted by Crippen LogP contribution is 2.37. The van der Waals surface area contributed by atoms with Crippen LogP contribution in [0.1, 0.15) is 6.92 Å². The van der Waals surface area contributed by atoms with E-state index in [1.165, 1.54) is 53.2 Å². The maximum Gasteiger partial charge on any atom is 0.243 e. The number of hydrogen-bond donors (Lipinski definition) is 1. The molecule has 3 rings (SSSR count). The fourth-order valence-electron chi connectivity index (χ4n) is 3.72. The van der Waals surface area contributed by atoms with Crippen molar-refractivity contribution >= 4 is 39.6 Å². The highest BCUT2D eigenvalue weighted by Gasteiger charge is 2.35. The minimum atomic E-state index is -4.20. The van der Waals surface area contributed by atoms with E-state index in [1.54, 1.807) is 36.4 Å². The molecule has 0 amide bonds. The molecule has 40 heavy (non-hydrogen) atoms. The first-order valence-electron chi connectivity index (χ1n) is 11.7. The van der Waals surface area contributed by atoms with Gasteiger partial charge in [0.1, 0.15) is 34.2 Å². The number of methoxy groups -OCH3 is 4. The topological polar surface area (TPSA) is 151 Å². The van der Waals surface area contributed by atoms with Crippen molar-refractivity contribution in [1.29, 1.82) is 0 Å². The summed E-state index contributed by atoms with van der Waals surface area (Å²) in [5.41, 5.74) is 0.691. The second-order valence-electron chi connectivity index (χ2n) is 8.05. The van der Waals surface area contributed by atoms with Gasteiger partial charge >= 0.3 is 0 Å². The third-order valence-corrected chi connectivity index (χ3v) is 7.46. The number of hydrogen-bond acceptors (Lipinski definition) is 10. The van der Waals surface area contributed by atoms with Crippen molar-refractivity contribution < 1.29 is 27.4 Å². The number of anilines is 1. The maximum atomic E-state index is 13.7. The molecule has 1 aromatic carbocycles. The number of benzene rings is 1. The van der Waals surface area contributed by atoms with Crippen LogP contribution >= 0.6 is 11.6 Å². The molecule has 0 saturated heterocycles. The summed E-state index contributed by atoms with van der Waals surface area (Å²) in [6.07, 6.45) is 0.187. The lowest BCUT2D eigenvalue weighted by Crippen LogP contribution is -2.41. The SMILES string of the molecule is C=C(Cl)C=NC(=NC)[C@@H](OC)[C@@H](C)S(=O)(=O)Nc1nnc(-c2cccc(OC)n2)n1-c1c(OC)cccc1OC. The van der Waals surface area contributed by atoms with Gasteiger partial charge in [-0.2, -0.15) is 0 Å². The first-order valence-corrected chi connectivity index (χ1v) is 13.6. The van der Waals surface area contributed by atoms with Gasteiger partial charge in [0.15, 0.2) is 11.7 Å². The molecule has 0 saturated carbocycles. The maximum absolute atomic E-state index is 13.7. The van der Waals surface area contributed by atoms with Gasteiger partial charge in [-0.1, -0.05) is 30.3 Å². The quantitative estimate of drug-likeness (QED) is 0.247. The summed E-state index contributed by atoms with van der Waals surface area (Å²) in [6, 6.07) is 10.2. The molecule has 0 aliphatic heterocycles. The molecule has 0 fully saturated rings. The Morgan fingerprint density at radius 1 is 1.07 bits per heavy atom. The number of pyridine rings is 1. The second kappa shape index (κ2) is 13.4. The molecule has 2 aromatic heterocycles. The van der Waals surface area contributed by atoms with Gasteiger partial charge in [0.25, 0.3) is 0 Å². The monoisotopic (exact) mass is 591 g/mol. The molecule has 13 nitrogen and oxygen atoms in total. The van der Waals surface area contributed by atoms with Gasteiger partial charge in [0.2, 0.25) is 21.9 Å². The molecule has 0 aliphatic carbocycles. The second-order valence-corrected chi connectivity index (χ2v) is 10.6. The normalized spacial score (nSPS) is 13.6. The predicted octanol–water partition coefficient (Wildman–Crippen LogP) is 3.35. The number of halogens is 1. The zero-order valence-corrected chi connectivity index (χ0v) is 24.4. The number of rotatable bonds is 12. The van der Waals surface area contributed by atoms with Crippen LogP contribution in [0.25, 0.3) is 17.2 Å². The van der Waals surface area contributed by atoms with Crippen LogP contribution in [-0.2, 0) is 14.8 Å². The summed E-state index contributed by atoms with van der Waals surface area (Å²) in [5, 5.41) is 7.35. The standard InChI is InChI=1S/C25H30ClN7O6S/c1-15(26)14-28-23(27-3)22(39-7)16(2)40(34,35)32-25-31-30-24(17-10-8-13-20(29-17)38-6)33(25)21-18(36-4)11-9-12-19(21)37-5/h8-14,16,22H,1H2,2-7H3,(H,31,32)/t16-,22+/m1/s1.